The Kier molecular flexibility index (Phi) is 8.65. The van der Waals surface area contributed by atoms with Crippen LogP contribution in [0.1, 0.15) is 0 Å². The number of fused-ring (bicyclic) bond motifs is 1. The van der Waals surface area contributed by atoms with Crippen molar-refractivity contribution in [2.24, 2.45) is 7.05 Å². The van der Waals surface area contributed by atoms with Crippen molar-refractivity contribution >= 4 is 45.8 Å². The predicted molar refractivity (Wildman–Crippen MR) is 157 cm³/mol. The molecule has 2 heterocycles. The lowest BCUT2D eigenvalue weighted by Crippen LogP contribution is -2.34. The standard InChI is InChI=1S/C29H33N7O4/c1-6-27(37)31-22-15-23(26(40-5)16-25(22)35(3)14-13-34(2)18-28(38)39)33-29-30-12-11-21(32-29)20-17-36(4)24-10-8-7-9-19(20)24/h6-12,15-17H,1,13-14,18H2,2-5H3,(H,31,37)(H,38,39)(H,30,32,33). The fraction of sp³-hybridized carbons (Fsp3) is 0.241. The first-order valence-corrected chi connectivity index (χ1v) is 12.6. The number of nitrogens with zero attached hydrogens (tertiary/aromatic N) is 5. The van der Waals surface area contributed by atoms with Gasteiger partial charge >= 0.3 is 5.97 Å². The van der Waals surface area contributed by atoms with Gasteiger partial charge in [-0.25, -0.2) is 9.97 Å². The van der Waals surface area contributed by atoms with Crippen LogP contribution in [0, 0.1) is 0 Å². The Labute approximate surface area is 232 Å². The highest BCUT2D eigenvalue weighted by atomic mass is 16.5. The molecule has 1 amide bonds. The van der Waals surface area contributed by atoms with E-state index in [9.17, 15) is 9.59 Å². The number of hydrogen-bond donors (Lipinski definition) is 3. The number of benzene rings is 2. The summed E-state index contributed by atoms with van der Waals surface area (Å²) < 4.78 is 7.74. The van der Waals surface area contributed by atoms with Gasteiger partial charge in [0.25, 0.3) is 0 Å². The van der Waals surface area contributed by atoms with E-state index in [1.165, 1.54) is 6.08 Å². The molecule has 0 saturated heterocycles. The van der Waals surface area contributed by atoms with Crippen LogP contribution < -0.4 is 20.3 Å². The number of carbonyl (C=O) groups is 2. The number of para-hydroxylation sites is 1. The summed E-state index contributed by atoms with van der Waals surface area (Å²) in [4.78, 5) is 36.1. The molecule has 0 saturated carbocycles. The molecule has 0 spiro atoms. The van der Waals surface area contributed by atoms with Gasteiger partial charge in [-0.05, 0) is 31.3 Å². The predicted octanol–water partition coefficient (Wildman–Crippen LogP) is 3.96. The molecule has 0 radical (unpaired) electrons. The number of carboxylic acids is 1. The number of ether oxygens (including phenoxy) is 1. The monoisotopic (exact) mass is 543 g/mol. The second-order valence-corrected chi connectivity index (χ2v) is 9.38. The normalized spacial score (nSPS) is 10.9. The summed E-state index contributed by atoms with van der Waals surface area (Å²) in [5.41, 5.74) is 4.60. The molecular formula is C29H33N7O4. The first-order valence-electron chi connectivity index (χ1n) is 12.6. The number of aromatic nitrogens is 3. The van der Waals surface area contributed by atoms with Gasteiger partial charge in [-0.15, -0.1) is 0 Å². The van der Waals surface area contributed by atoms with Gasteiger partial charge < -0.3 is 29.9 Å². The number of anilines is 4. The molecule has 0 aliphatic heterocycles. The maximum absolute atomic E-state index is 12.3. The first kappa shape index (κ1) is 28.1. The molecule has 11 nitrogen and oxygen atoms in total. The molecule has 0 bridgehead atoms. The Bertz CT molecular complexity index is 1550. The van der Waals surface area contributed by atoms with Gasteiger partial charge in [-0.3, -0.25) is 14.5 Å². The lowest BCUT2D eigenvalue weighted by atomic mass is 10.1. The van der Waals surface area contributed by atoms with Crippen LogP contribution in [0.4, 0.5) is 23.0 Å². The van der Waals surface area contributed by atoms with Gasteiger partial charge in [0.05, 0.1) is 36.4 Å². The topological polar surface area (TPSA) is 125 Å². The molecule has 0 unspecified atom stereocenters. The van der Waals surface area contributed by atoms with Crippen LogP contribution >= 0.6 is 0 Å². The highest BCUT2D eigenvalue weighted by Gasteiger charge is 2.18. The smallest absolute Gasteiger partial charge is 0.317 e. The third kappa shape index (κ3) is 6.38. The average Bonchev–Trinajstić information content (AvgIpc) is 3.28. The summed E-state index contributed by atoms with van der Waals surface area (Å²) in [5.74, 6) is -0.395. The van der Waals surface area contributed by atoms with Crippen molar-refractivity contribution in [2.45, 2.75) is 0 Å². The van der Waals surface area contributed by atoms with Gasteiger partial charge in [0.1, 0.15) is 5.75 Å². The maximum Gasteiger partial charge on any atom is 0.317 e. The van der Waals surface area contributed by atoms with E-state index in [2.05, 4.69) is 38.9 Å². The van der Waals surface area contributed by atoms with Gasteiger partial charge in [0, 0.05) is 62.1 Å². The van der Waals surface area contributed by atoms with Crippen LogP contribution in [-0.2, 0) is 16.6 Å². The lowest BCUT2D eigenvalue weighted by molar-refractivity contribution is -0.137. The highest BCUT2D eigenvalue weighted by Crippen LogP contribution is 2.38. The molecule has 4 aromatic rings. The molecule has 3 N–H and O–H groups in total. The summed E-state index contributed by atoms with van der Waals surface area (Å²) in [6.07, 6.45) is 4.92. The van der Waals surface area contributed by atoms with E-state index < -0.39 is 5.97 Å². The fourth-order valence-corrected chi connectivity index (χ4v) is 4.42. The zero-order valence-electron chi connectivity index (χ0n) is 23.0. The quantitative estimate of drug-likeness (QED) is 0.228. The second kappa shape index (κ2) is 12.3. The average molecular weight is 544 g/mol. The van der Waals surface area contributed by atoms with Crippen LogP contribution in [0.15, 0.2) is 67.5 Å². The fourth-order valence-electron chi connectivity index (χ4n) is 4.42. The molecule has 0 aliphatic rings. The Morgan fingerprint density at radius 2 is 1.93 bits per heavy atom. The third-order valence-electron chi connectivity index (χ3n) is 6.47. The number of aryl methyl sites for hydroxylation is 1. The first-order chi connectivity index (χ1) is 19.2. The van der Waals surface area contributed by atoms with Crippen LogP contribution in [0.3, 0.4) is 0 Å². The number of rotatable bonds is 12. The minimum atomic E-state index is -0.895. The summed E-state index contributed by atoms with van der Waals surface area (Å²) in [6, 6.07) is 13.5. The number of aliphatic carboxylic acids is 1. The summed E-state index contributed by atoms with van der Waals surface area (Å²) in [7, 11) is 7.15. The van der Waals surface area contributed by atoms with Gasteiger partial charge in [0.2, 0.25) is 11.9 Å². The van der Waals surface area contributed by atoms with E-state index in [0.29, 0.717) is 41.8 Å². The molecule has 0 aliphatic carbocycles. The minimum absolute atomic E-state index is 0.0715. The van der Waals surface area contributed by atoms with Crippen LogP contribution in [0.25, 0.3) is 22.2 Å². The maximum atomic E-state index is 12.3. The second-order valence-electron chi connectivity index (χ2n) is 9.38. The molecule has 0 atom stereocenters. The largest absolute Gasteiger partial charge is 0.494 e. The number of hydrogen-bond acceptors (Lipinski definition) is 8. The van der Waals surface area contributed by atoms with Crippen molar-refractivity contribution in [1.82, 2.24) is 19.4 Å². The number of carbonyl (C=O) groups excluding carboxylic acids is 1. The van der Waals surface area contributed by atoms with Crippen molar-refractivity contribution in [3.63, 3.8) is 0 Å². The molecule has 40 heavy (non-hydrogen) atoms. The van der Waals surface area contributed by atoms with Crippen molar-refractivity contribution in [2.75, 3.05) is 56.4 Å². The number of methoxy groups -OCH3 is 1. The SMILES string of the molecule is C=CC(=O)Nc1cc(Nc2nccc(-c3cn(C)c4ccccc34)n2)c(OC)cc1N(C)CCN(C)CC(=O)O. The Morgan fingerprint density at radius 1 is 1.15 bits per heavy atom. The molecule has 4 rings (SSSR count). The van der Waals surface area contributed by atoms with Crippen LogP contribution in [0.5, 0.6) is 5.75 Å². The van der Waals surface area contributed by atoms with E-state index in [0.717, 1.165) is 22.2 Å². The summed E-state index contributed by atoms with van der Waals surface area (Å²) >= 11 is 0. The third-order valence-corrected chi connectivity index (χ3v) is 6.47. The van der Waals surface area contributed by atoms with E-state index in [4.69, 9.17) is 14.8 Å². The molecule has 2 aromatic heterocycles. The van der Waals surface area contributed by atoms with Crippen molar-refractivity contribution in [1.29, 1.82) is 0 Å². The molecule has 11 heteroatoms. The van der Waals surface area contributed by atoms with E-state index in [-0.39, 0.29) is 12.5 Å². The van der Waals surface area contributed by atoms with E-state index >= 15 is 0 Å². The van der Waals surface area contributed by atoms with Gasteiger partial charge in [-0.1, -0.05) is 24.8 Å². The van der Waals surface area contributed by atoms with Crippen LogP contribution in [0.2, 0.25) is 0 Å². The van der Waals surface area contributed by atoms with Crippen molar-refractivity contribution in [3.8, 4) is 17.0 Å². The van der Waals surface area contributed by atoms with E-state index in [1.54, 1.807) is 37.4 Å². The zero-order chi connectivity index (χ0) is 28.8. The Morgan fingerprint density at radius 3 is 2.65 bits per heavy atom. The van der Waals surface area contributed by atoms with Crippen molar-refractivity contribution in [3.05, 3.63) is 67.5 Å². The molecule has 0 fully saturated rings. The Hall–Kier alpha value is -4.90. The number of nitrogens with one attached hydrogen (secondary N) is 2. The Balaban J connectivity index is 1.66. The number of likely N-dealkylation sites (N-methyl/N-ethyl adjacent to an activating group) is 2. The molecular weight excluding hydrogens is 510 g/mol. The van der Waals surface area contributed by atoms with Gasteiger partial charge in [0.15, 0.2) is 0 Å². The van der Waals surface area contributed by atoms with Gasteiger partial charge in [-0.2, -0.15) is 0 Å². The van der Waals surface area contributed by atoms with Crippen molar-refractivity contribution < 1.29 is 19.4 Å². The summed E-state index contributed by atoms with van der Waals surface area (Å²) in [5, 5.41) is 16.2. The summed E-state index contributed by atoms with van der Waals surface area (Å²) in [6.45, 7) is 4.48. The lowest BCUT2D eigenvalue weighted by Gasteiger charge is -2.26. The van der Waals surface area contributed by atoms with E-state index in [1.807, 2.05) is 43.4 Å². The number of amides is 1. The van der Waals surface area contributed by atoms with Crippen LogP contribution in [-0.4, -0.2) is 77.3 Å². The molecule has 208 valence electrons. The number of carboxylic acid groups (broad SMARTS) is 1. The minimum Gasteiger partial charge on any atom is -0.494 e. The highest BCUT2D eigenvalue weighted by molar-refractivity contribution is 6.02. The molecule has 2 aromatic carbocycles. The zero-order valence-corrected chi connectivity index (χ0v) is 23.0.